The van der Waals surface area contributed by atoms with Gasteiger partial charge in [-0.15, -0.1) is 0 Å². The maximum Gasteiger partial charge on any atom is 0.0857 e. The minimum Gasteiger partial charge on any atom is -0.326 e. The summed E-state index contributed by atoms with van der Waals surface area (Å²) in [6.07, 6.45) is 4.30. The summed E-state index contributed by atoms with van der Waals surface area (Å²) >= 11 is 0. The zero-order chi connectivity index (χ0) is 6.91. The molecule has 1 heteroatoms. The van der Waals surface area contributed by atoms with Gasteiger partial charge in [-0.05, 0) is 26.2 Å². The highest BCUT2D eigenvalue weighted by Gasteiger charge is 2.26. The highest BCUT2D eigenvalue weighted by molar-refractivity contribution is 4.57. The van der Waals surface area contributed by atoms with Crippen LogP contribution in [-0.4, -0.2) is 31.2 Å². The van der Waals surface area contributed by atoms with Crippen LogP contribution in [0.2, 0.25) is 0 Å². The summed E-state index contributed by atoms with van der Waals surface area (Å²) in [5.74, 6) is 0. The maximum atomic E-state index is 2.36. The predicted molar refractivity (Wildman–Crippen MR) is 40.3 cm³/mol. The Kier molecular flexibility index (Phi) is 1.80. The normalized spacial score (nSPS) is 34.3. The Morgan fingerprint density at radius 3 is 2.22 bits per heavy atom. The minimum atomic E-state index is 0.888. The standard InChI is InChI=1S/C8H18N/c1-8-6-4-5-7-9(8,2)3/h8H,4-7H2,1-3H3/q+1. The molecule has 1 aliphatic rings. The van der Waals surface area contributed by atoms with Crippen molar-refractivity contribution < 1.29 is 4.48 Å². The Bertz CT molecular complexity index is 96.7. The highest BCUT2D eigenvalue weighted by atomic mass is 15.3. The van der Waals surface area contributed by atoms with Gasteiger partial charge in [0.25, 0.3) is 0 Å². The van der Waals surface area contributed by atoms with Crippen LogP contribution in [0.15, 0.2) is 0 Å². The first-order chi connectivity index (χ1) is 4.13. The fraction of sp³-hybridized carbons (Fsp3) is 1.00. The largest absolute Gasteiger partial charge is 0.326 e. The SMILES string of the molecule is CC1CCCC[N+]1(C)C. The van der Waals surface area contributed by atoms with E-state index in [1.165, 1.54) is 30.3 Å². The molecule has 1 saturated heterocycles. The van der Waals surface area contributed by atoms with E-state index in [1.807, 2.05) is 0 Å². The smallest absolute Gasteiger partial charge is 0.0857 e. The maximum absolute atomic E-state index is 2.36. The van der Waals surface area contributed by atoms with Gasteiger partial charge in [-0.3, -0.25) is 0 Å². The van der Waals surface area contributed by atoms with Crippen LogP contribution in [0.25, 0.3) is 0 Å². The molecular formula is C8H18N+. The molecule has 1 aliphatic heterocycles. The van der Waals surface area contributed by atoms with Gasteiger partial charge in [0.05, 0.1) is 26.7 Å². The molecule has 9 heavy (non-hydrogen) atoms. The second-order valence-electron chi connectivity index (χ2n) is 3.85. The molecule has 0 aromatic rings. The third kappa shape index (κ3) is 1.45. The predicted octanol–water partition coefficient (Wildman–Crippen LogP) is 1.64. The van der Waals surface area contributed by atoms with E-state index in [0.717, 1.165) is 6.04 Å². The number of nitrogens with zero attached hydrogens (tertiary/aromatic N) is 1. The Labute approximate surface area is 58.3 Å². The highest BCUT2D eigenvalue weighted by Crippen LogP contribution is 2.20. The molecule has 0 aliphatic carbocycles. The van der Waals surface area contributed by atoms with Crippen LogP contribution < -0.4 is 0 Å². The van der Waals surface area contributed by atoms with E-state index < -0.39 is 0 Å². The van der Waals surface area contributed by atoms with Crippen LogP contribution in [0.5, 0.6) is 0 Å². The molecule has 0 bridgehead atoms. The monoisotopic (exact) mass is 128 g/mol. The van der Waals surface area contributed by atoms with Crippen molar-refractivity contribution in [3.63, 3.8) is 0 Å². The Morgan fingerprint density at radius 2 is 1.89 bits per heavy atom. The van der Waals surface area contributed by atoms with Gasteiger partial charge in [0.2, 0.25) is 0 Å². The number of rotatable bonds is 0. The van der Waals surface area contributed by atoms with E-state index in [-0.39, 0.29) is 0 Å². The van der Waals surface area contributed by atoms with Crippen molar-refractivity contribution in [2.75, 3.05) is 20.6 Å². The summed E-state index contributed by atoms with van der Waals surface area (Å²) in [5, 5.41) is 0. The van der Waals surface area contributed by atoms with Crippen LogP contribution >= 0.6 is 0 Å². The lowest BCUT2D eigenvalue weighted by molar-refractivity contribution is -0.918. The Hall–Kier alpha value is -0.0400. The Balaban J connectivity index is 2.49. The van der Waals surface area contributed by atoms with Gasteiger partial charge in [0.1, 0.15) is 0 Å². The number of likely N-dealkylation sites (tertiary alicyclic amines) is 1. The van der Waals surface area contributed by atoms with E-state index in [1.54, 1.807) is 0 Å². The summed E-state index contributed by atoms with van der Waals surface area (Å²) in [6, 6.07) is 0.888. The third-order valence-electron chi connectivity index (χ3n) is 2.80. The molecule has 1 atom stereocenters. The van der Waals surface area contributed by atoms with Crippen molar-refractivity contribution in [3.8, 4) is 0 Å². The number of hydrogen-bond donors (Lipinski definition) is 0. The molecule has 1 heterocycles. The van der Waals surface area contributed by atoms with Crippen LogP contribution in [0.4, 0.5) is 0 Å². The first kappa shape index (κ1) is 7.07. The summed E-state index contributed by atoms with van der Waals surface area (Å²) < 4.78 is 1.24. The zero-order valence-corrected chi connectivity index (χ0v) is 6.85. The topological polar surface area (TPSA) is 0 Å². The van der Waals surface area contributed by atoms with E-state index in [0.29, 0.717) is 0 Å². The van der Waals surface area contributed by atoms with E-state index in [4.69, 9.17) is 0 Å². The number of quaternary nitrogens is 1. The van der Waals surface area contributed by atoms with Crippen molar-refractivity contribution >= 4 is 0 Å². The first-order valence-corrected chi connectivity index (χ1v) is 3.95. The Morgan fingerprint density at radius 1 is 1.22 bits per heavy atom. The van der Waals surface area contributed by atoms with Gasteiger partial charge in [0.15, 0.2) is 0 Å². The molecule has 1 rings (SSSR count). The molecule has 1 unspecified atom stereocenters. The molecule has 1 nitrogen and oxygen atoms in total. The fourth-order valence-corrected chi connectivity index (χ4v) is 1.53. The lowest BCUT2D eigenvalue weighted by Gasteiger charge is -2.39. The lowest BCUT2D eigenvalue weighted by Crippen LogP contribution is -2.50. The first-order valence-electron chi connectivity index (χ1n) is 3.95. The van der Waals surface area contributed by atoms with Gasteiger partial charge >= 0.3 is 0 Å². The van der Waals surface area contributed by atoms with Crippen molar-refractivity contribution in [2.45, 2.75) is 32.2 Å². The number of hydrogen-bond acceptors (Lipinski definition) is 0. The summed E-state index contributed by atoms with van der Waals surface area (Å²) in [5.41, 5.74) is 0. The van der Waals surface area contributed by atoms with Crippen molar-refractivity contribution in [3.05, 3.63) is 0 Å². The molecule has 0 amide bonds. The summed E-state index contributed by atoms with van der Waals surface area (Å²) in [7, 11) is 4.67. The molecule has 0 radical (unpaired) electrons. The molecule has 0 N–H and O–H groups in total. The van der Waals surface area contributed by atoms with Gasteiger partial charge in [-0.25, -0.2) is 0 Å². The quantitative estimate of drug-likeness (QED) is 0.435. The van der Waals surface area contributed by atoms with Crippen molar-refractivity contribution in [1.82, 2.24) is 0 Å². The van der Waals surface area contributed by atoms with Crippen molar-refractivity contribution in [1.29, 1.82) is 0 Å². The molecule has 54 valence electrons. The van der Waals surface area contributed by atoms with Crippen LogP contribution in [0.1, 0.15) is 26.2 Å². The van der Waals surface area contributed by atoms with Crippen LogP contribution in [0, 0.1) is 0 Å². The van der Waals surface area contributed by atoms with E-state index in [2.05, 4.69) is 21.0 Å². The molecular weight excluding hydrogens is 110 g/mol. The summed E-state index contributed by atoms with van der Waals surface area (Å²) in [6.45, 7) is 3.74. The number of piperidine rings is 1. The van der Waals surface area contributed by atoms with Crippen LogP contribution in [0.3, 0.4) is 0 Å². The fourth-order valence-electron chi connectivity index (χ4n) is 1.53. The van der Waals surface area contributed by atoms with Gasteiger partial charge in [-0.1, -0.05) is 0 Å². The molecule has 0 saturated carbocycles. The molecule has 0 spiro atoms. The molecule has 0 aromatic heterocycles. The van der Waals surface area contributed by atoms with Crippen molar-refractivity contribution in [2.24, 2.45) is 0 Å². The molecule has 1 fully saturated rings. The second kappa shape index (κ2) is 2.30. The van der Waals surface area contributed by atoms with E-state index >= 15 is 0 Å². The van der Waals surface area contributed by atoms with Crippen LogP contribution in [-0.2, 0) is 0 Å². The average molecular weight is 128 g/mol. The average Bonchev–Trinajstić information content (AvgIpc) is 1.77. The molecule has 0 aromatic carbocycles. The van der Waals surface area contributed by atoms with Gasteiger partial charge in [0, 0.05) is 0 Å². The lowest BCUT2D eigenvalue weighted by atomic mass is 10.0. The third-order valence-corrected chi connectivity index (χ3v) is 2.80. The van der Waals surface area contributed by atoms with E-state index in [9.17, 15) is 0 Å². The minimum absolute atomic E-state index is 0.888. The van der Waals surface area contributed by atoms with Gasteiger partial charge < -0.3 is 4.48 Å². The summed E-state index contributed by atoms with van der Waals surface area (Å²) in [4.78, 5) is 0. The zero-order valence-electron chi connectivity index (χ0n) is 6.85. The van der Waals surface area contributed by atoms with Gasteiger partial charge in [-0.2, -0.15) is 0 Å². The second-order valence-corrected chi connectivity index (χ2v) is 3.85.